The van der Waals surface area contributed by atoms with Crippen LogP contribution in [0.2, 0.25) is 5.02 Å². The van der Waals surface area contributed by atoms with E-state index in [-0.39, 0.29) is 5.12 Å². The van der Waals surface area contributed by atoms with Crippen LogP contribution in [0.4, 0.5) is 5.69 Å². The Balaban J connectivity index is 2.73. The lowest BCUT2D eigenvalue weighted by atomic mass is 10.1. The SMILES string of the molecule is CC(=O)SCC=Cc1cc(C)c(N)cc1Cl. The summed E-state index contributed by atoms with van der Waals surface area (Å²) in [5.41, 5.74) is 8.35. The second kappa shape index (κ2) is 5.97. The van der Waals surface area contributed by atoms with Crippen LogP contribution in [0.25, 0.3) is 6.08 Å². The summed E-state index contributed by atoms with van der Waals surface area (Å²) in [5, 5.41) is 0.747. The fraction of sp³-hybridized carbons (Fsp3) is 0.250. The molecule has 0 atom stereocenters. The van der Waals surface area contributed by atoms with Crippen LogP contribution in [-0.4, -0.2) is 10.9 Å². The van der Waals surface area contributed by atoms with Crippen molar-refractivity contribution in [2.45, 2.75) is 13.8 Å². The van der Waals surface area contributed by atoms with E-state index in [1.165, 1.54) is 11.8 Å². The highest BCUT2D eigenvalue weighted by Gasteiger charge is 2.00. The Morgan fingerprint density at radius 3 is 2.88 bits per heavy atom. The molecule has 1 rings (SSSR count). The van der Waals surface area contributed by atoms with Gasteiger partial charge in [-0.3, -0.25) is 4.79 Å². The summed E-state index contributed by atoms with van der Waals surface area (Å²) in [4.78, 5) is 10.7. The molecular weight excluding hydrogens is 242 g/mol. The number of aryl methyl sites for hydroxylation is 1. The Labute approximate surface area is 105 Å². The van der Waals surface area contributed by atoms with Gasteiger partial charge in [0.2, 0.25) is 0 Å². The zero-order chi connectivity index (χ0) is 12.1. The molecule has 0 saturated heterocycles. The van der Waals surface area contributed by atoms with Gasteiger partial charge in [0.25, 0.3) is 0 Å². The number of hydrogen-bond acceptors (Lipinski definition) is 3. The third kappa shape index (κ3) is 3.91. The summed E-state index contributed by atoms with van der Waals surface area (Å²) < 4.78 is 0. The lowest BCUT2D eigenvalue weighted by molar-refractivity contribution is -0.109. The smallest absolute Gasteiger partial charge is 0.186 e. The van der Waals surface area contributed by atoms with Gasteiger partial charge in [-0.2, -0.15) is 0 Å². The molecule has 4 heteroatoms. The summed E-state index contributed by atoms with van der Waals surface area (Å²) in [6, 6.07) is 3.68. The Morgan fingerprint density at radius 2 is 2.25 bits per heavy atom. The van der Waals surface area contributed by atoms with Gasteiger partial charge in [0.05, 0.1) is 0 Å². The van der Waals surface area contributed by atoms with Gasteiger partial charge in [0, 0.05) is 23.4 Å². The molecule has 0 unspecified atom stereocenters. The van der Waals surface area contributed by atoms with Crippen LogP contribution in [0, 0.1) is 6.92 Å². The molecule has 2 nitrogen and oxygen atoms in total. The van der Waals surface area contributed by atoms with Crippen LogP contribution in [-0.2, 0) is 4.79 Å². The van der Waals surface area contributed by atoms with Gasteiger partial charge in [0.1, 0.15) is 0 Å². The van der Waals surface area contributed by atoms with Crippen LogP contribution in [0.3, 0.4) is 0 Å². The molecule has 0 aliphatic rings. The summed E-state index contributed by atoms with van der Waals surface area (Å²) in [5.74, 6) is 0.662. The molecule has 0 aliphatic carbocycles. The zero-order valence-corrected chi connectivity index (χ0v) is 10.9. The lowest BCUT2D eigenvalue weighted by Gasteiger charge is -2.04. The molecular formula is C12H14ClNOS. The maximum Gasteiger partial charge on any atom is 0.186 e. The standard InChI is InChI=1S/C12H14ClNOS/c1-8-6-10(11(13)7-12(8)14)4-3-5-16-9(2)15/h3-4,6-7H,5,14H2,1-2H3. The molecule has 0 spiro atoms. The first-order chi connectivity index (χ1) is 7.50. The molecule has 0 radical (unpaired) electrons. The Bertz CT molecular complexity index is 429. The highest BCUT2D eigenvalue weighted by Crippen LogP contribution is 2.24. The van der Waals surface area contributed by atoms with Crippen molar-refractivity contribution in [3.05, 3.63) is 34.4 Å². The van der Waals surface area contributed by atoms with Gasteiger partial charge < -0.3 is 5.73 Å². The van der Waals surface area contributed by atoms with Crippen molar-refractivity contribution in [3.8, 4) is 0 Å². The van der Waals surface area contributed by atoms with Gasteiger partial charge in [0.15, 0.2) is 5.12 Å². The quantitative estimate of drug-likeness (QED) is 0.841. The molecule has 16 heavy (non-hydrogen) atoms. The largest absolute Gasteiger partial charge is 0.398 e. The molecule has 86 valence electrons. The average molecular weight is 256 g/mol. The van der Waals surface area contributed by atoms with E-state index >= 15 is 0 Å². The van der Waals surface area contributed by atoms with Crippen molar-refractivity contribution in [2.75, 3.05) is 11.5 Å². The van der Waals surface area contributed by atoms with Crippen LogP contribution >= 0.6 is 23.4 Å². The predicted molar refractivity (Wildman–Crippen MR) is 72.8 cm³/mol. The van der Waals surface area contributed by atoms with Gasteiger partial charge >= 0.3 is 0 Å². The number of rotatable bonds is 3. The number of thioether (sulfide) groups is 1. The lowest BCUT2D eigenvalue weighted by Crippen LogP contribution is -1.90. The third-order valence-electron chi connectivity index (χ3n) is 2.07. The number of hydrogen-bond donors (Lipinski definition) is 1. The van der Waals surface area contributed by atoms with Gasteiger partial charge in [-0.25, -0.2) is 0 Å². The van der Waals surface area contributed by atoms with E-state index in [1.807, 2.05) is 25.1 Å². The van der Waals surface area contributed by atoms with E-state index in [9.17, 15) is 4.79 Å². The van der Waals surface area contributed by atoms with Crippen LogP contribution in [0.5, 0.6) is 0 Å². The number of carbonyl (C=O) groups excluding carboxylic acids is 1. The van der Waals surface area contributed by atoms with Crippen molar-refractivity contribution in [2.24, 2.45) is 0 Å². The van der Waals surface area contributed by atoms with Crippen molar-refractivity contribution in [1.29, 1.82) is 0 Å². The van der Waals surface area contributed by atoms with Crippen LogP contribution in [0.15, 0.2) is 18.2 Å². The minimum Gasteiger partial charge on any atom is -0.398 e. The van der Waals surface area contributed by atoms with Crippen LogP contribution < -0.4 is 5.73 Å². The van der Waals surface area contributed by atoms with E-state index in [1.54, 1.807) is 13.0 Å². The molecule has 0 heterocycles. The van der Waals surface area contributed by atoms with Gasteiger partial charge in [-0.1, -0.05) is 35.5 Å². The first-order valence-corrected chi connectivity index (χ1v) is 6.22. The Kier molecular flexibility index (Phi) is 4.90. The van der Waals surface area contributed by atoms with E-state index in [0.29, 0.717) is 16.5 Å². The fourth-order valence-electron chi connectivity index (χ4n) is 1.19. The van der Waals surface area contributed by atoms with E-state index in [0.717, 1.165) is 11.1 Å². The first-order valence-electron chi connectivity index (χ1n) is 4.86. The van der Waals surface area contributed by atoms with E-state index < -0.39 is 0 Å². The molecule has 1 aromatic rings. The molecule has 2 N–H and O–H groups in total. The summed E-state index contributed by atoms with van der Waals surface area (Å²) >= 11 is 7.31. The van der Waals surface area contributed by atoms with Gasteiger partial charge in [-0.05, 0) is 30.2 Å². The zero-order valence-electron chi connectivity index (χ0n) is 9.29. The normalized spacial score (nSPS) is 10.9. The molecule has 0 amide bonds. The molecule has 0 bridgehead atoms. The number of anilines is 1. The third-order valence-corrected chi connectivity index (χ3v) is 3.16. The molecule has 0 saturated carbocycles. The maximum atomic E-state index is 10.7. The number of nitrogens with two attached hydrogens (primary N) is 1. The maximum absolute atomic E-state index is 10.7. The van der Waals surface area contributed by atoms with Crippen LogP contribution in [0.1, 0.15) is 18.1 Å². The summed E-state index contributed by atoms with van der Waals surface area (Å²) in [6.45, 7) is 3.49. The van der Waals surface area contributed by atoms with Gasteiger partial charge in [-0.15, -0.1) is 0 Å². The summed E-state index contributed by atoms with van der Waals surface area (Å²) in [7, 11) is 0. The second-order valence-corrected chi connectivity index (χ2v) is 5.04. The highest BCUT2D eigenvalue weighted by molar-refractivity contribution is 8.13. The first kappa shape index (κ1) is 13.1. The monoisotopic (exact) mass is 255 g/mol. The fourth-order valence-corrected chi connectivity index (χ4v) is 1.85. The molecule has 0 fully saturated rings. The predicted octanol–water partition coefficient (Wildman–Crippen LogP) is 3.52. The molecule has 1 aromatic carbocycles. The summed E-state index contributed by atoms with van der Waals surface area (Å²) in [6.07, 6.45) is 3.83. The van der Waals surface area contributed by atoms with Crippen molar-refractivity contribution in [1.82, 2.24) is 0 Å². The second-order valence-electron chi connectivity index (χ2n) is 3.44. The average Bonchev–Trinajstić information content (AvgIpc) is 2.19. The Hall–Kier alpha value is -0.930. The number of benzene rings is 1. The molecule has 0 aromatic heterocycles. The van der Waals surface area contributed by atoms with Crippen molar-refractivity contribution in [3.63, 3.8) is 0 Å². The van der Waals surface area contributed by atoms with E-state index in [2.05, 4.69) is 0 Å². The number of halogens is 1. The molecule has 0 aliphatic heterocycles. The van der Waals surface area contributed by atoms with Crippen molar-refractivity contribution >= 4 is 40.2 Å². The Morgan fingerprint density at radius 1 is 1.56 bits per heavy atom. The van der Waals surface area contributed by atoms with E-state index in [4.69, 9.17) is 17.3 Å². The number of carbonyl (C=O) groups is 1. The topological polar surface area (TPSA) is 43.1 Å². The minimum absolute atomic E-state index is 0.115. The number of nitrogen functional groups attached to an aromatic ring is 1. The van der Waals surface area contributed by atoms with Crippen molar-refractivity contribution < 1.29 is 4.79 Å². The highest BCUT2D eigenvalue weighted by atomic mass is 35.5. The minimum atomic E-state index is 0.115.